The highest BCUT2D eigenvalue weighted by Gasteiger charge is 2.28. The van der Waals surface area contributed by atoms with Gasteiger partial charge in [0.05, 0.1) is 12.1 Å². The first kappa shape index (κ1) is 15.6. The fourth-order valence-corrected chi connectivity index (χ4v) is 2.02. The van der Waals surface area contributed by atoms with Gasteiger partial charge in [-0.05, 0) is 25.0 Å². The molecule has 1 atom stereocenters. The second-order valence-electron chi connectivity index (χ2n) is 5.08. The Morgan fingerprint density at radius 2 is 2.14 bits per heavy atom. The molecule has 0 aromatic heterocycles. The van der Waals surface area contributed by atoms with Gasteiger partial charge in [-0.25, -0.2) is 10.9 Å². The molecule has 1 aromatic rings. The van der Waals surface area contributed by atoms with Crippen molar-refractivity contribution in [3.8, 4) is 0 Å². The molecule has 1 aromatic carbocycles. The van der Waals surface area contributed by atoms with Crippen LogP contribution in [0.25, 0.3) is 6.08 Å². The van der Waals surface area contributed by atoms with Crippen molar-refractivity contribution in [2.75, 3.05) is 0 Å². The molecule has 0 spiro atoms. The number of hydrogen-bond acceptors (Lipinski definition) is 4. The zero-order valence-corrected chi connectivity index (χ0v) is 12.5. The zero-order valence-electron chi connectivity index (χ0n) is 12.5. The second kappa shape index (κ2) is 7.31. The number of benzene rings is 1. The predicted molar refractivity (Wildman–Crippen MR) is 86.1 cm³/mol. The van der Waals surface area contributed by atoms with E-state index in [2.05, 4.69) is 21.1 Å². The first-order valence-electron chi connectivity index (χ1n) is 6.95. The van der Waals surface area contributed by atoms with Gasteiger partial charge in [-0.1, -0.05) is 36.4 Å². The Hall–Kier alpha value is -2.76. The Kier molecular flexibility index (Phi) is 5.19. The van der Waals surface area contributed by atoms with Gasteiger partial charge in [0, 0.05) is 12.1 Å². The molecule has 22 heavy (non-hydrogen) atoms. The summed E-state index contributed by atoms with van der Waals surface area (Å²) in [6, 6.07) is 9.82. The van der Waals surface area contributed by atoms with Crippen molar-refractivity contribution in [3.05, 3.63) is 41.5 Å². The minimum Gasteiger partial charge on any atom is -0.273 e. The van der Waals surface area contributed by atoms with Crippen LogP contribution in [0.2, 0.25) is 0 Å². The Balaban J connectivity index is 1.84. The molecule has 1 aliphatic rings. The van der Waals surface area contributed by atoms with E-state index in [1.165, 1.54) is 0 Å². The maximum Gasteiger partial charge on any atom is 0.249 e. The highest BCUT2D eigenvalue weighted by Crippen LogP contribution is 2.11. The van der Waals surface area contributed by atoms with E-state index in [0.29, 0.717) is 5.71 Å². The van der Waals surface area contributed by atoms with Crippen LogP contribution in [0.3, 0.4) is 0 Å². The number of amides is 2. The normalized spacial score (nSPS) is 18.3. The number of nitrogens with zero attached hydrogens (tertiary/aromatic N) is 2. The Morgan fingerprint density at radius 3 is 2.77 bits per heavy atom. The summed E-state index contributed by atoms with van der Waals surface area (Å²) in [4.78, 5) is 23.2. The molecule has 0 radical (unpaired) electrons. The topological polar surface area (TPSA) is 82.9 Å². The summed E-state index contributed by atoms with van der Waals surface area (Å²) in [5.41, 5.74) is 7.35. The Bertz CT molecular complexity index is 647. The lowest BCUT2D eigenvalue weighted by Gasteiger charge is -2.05. The maximum absolute atomic E-state index is 11.8. The molecular weight excluding hydrogens is 280 g/mol. The van der Waals surface area contributed by atoms with Crippen molar-refractivity contribution >= 4 is 29.8 Å². The van der Waals surface area contributed by atoms with Crippen molar-refractivity contribution in [1.29, 1.82) is 0 Å². The van der Waals surface area contributed by atoms with Crippen molar-refractivity contribution in [3.63, 3.8) is 0 Å². The summed E-state index contributed by atoms with van der Waals surface area (Å²) in [5, 5.41) is 7.69. The molecule has 1 heterocycles. The van der Waals surface area contributed by atoms with Crippen LogP contribution in [-0.4, -0.2) is 23.7 Å². The smallest absolute Gasteiger partial charge is 0.249 e. The molecule has 0 aliphatic carbocycles. The Morgan fingerprint density at radius 1 is 1.41 bits per heavy atom. The molecule has 2 N–H and O–H groups in total. The molecule has 0 fully saturated rings. The molecule has 0 saturated carbocycles. The maximum atomic E-state index is 11.8. The Labute approximate surface area is 129 Å². The number of hydrogen-bond donors (Lipinski definition) is 2. The molecule has 0 bridgehead atoms. The molecule has 0 saturated heterocycles. The molecule has 2 amide bonds. The van der Waals surface area contributed by atoms with Gasteiger partial charge in [0.25, 0.3) is 0 Å². The van der Waals surface area contributed by atoms with E-state index >= 15 is 0 Å². The summed E-state index contributed by atoms with van der Waals surface area (Å²) in [7, 11) is 0. The third-order valence-corrected chi connectivity index (χ3v) is 3.20. The van der Waals surface area contributed by atoms with Crippen molar-refractivity contribution in [1.82, 2.24) is 10.9 Å². The van der Waals surface area contributed by atoms with Crippen LogP contribution < -0.4 is 10.9 Å². The lowest BCUT2D eigenvalue weighted by atomic mass is 10.0. The first-order chi connectivity index (χ1) is 10.6. The second-order valence-corrected chi connectivity index (χ2v) is 5.08. The lowest BCUT2D eigenvalue weighted by molar-refractivity contribution is -0.127. The van der Waals surface area contributed by atoms with Gasteiger partial charge in [0.2, 0.25) is 11.8 Å². The van der Waals surface area contributed by atoms with Crippen LogP contribution in [0.4, 0.5) is 0 Å². The third kappa shape index (κ3) is 4.37. The van der Waals surface area contributed by atoms with E-state index in [1.54, 1.807) is 13.1 Å². The van der Waals surface area contributed by atoms with Gasteiger partial charge >= 0.3 is 0 Å². The van der Waals surface area contributed by atoms with Crippen LogP contribution >= 0.6 is 0 Å². The average Bonchev–Trinajstić information content (AvgIpc) is 2.80. The molecule has 6 nitrogen and oxygen atoms in total. The van der Waals surface area contributed by atoms with Crippen LogP contribution in [0.1, 0.15) is 25.8 Å². The first-order valence-corrected chi connectivity index (χ1v) is 6.95. The van der Waals surface area contributed by atoms with Crippen LogP contribution in [-0.2, 0) is 9.59 Å². The van der Waals surface area contributed by atoms with Crippen LogP contribution in [0, 0.1) is 5.92 Å². The van der Waals surface area contributed by atoms with Gasteiger partial charge in [0.15, 0.2) is 0 Å². The van der Waals surface area contributed by atoms with E-state index in [1.807, 2.05) is 43.3 Å². The predicted octanol–water partition coefficient (Wildman–Crippen LogP) is 1.70. The largest absolute Gasteiger partial charge is 0.273 e. The average molecular weight is 298 g/mol. The molecule has 1 aliphatic heterocycles. The summed E-state index contributed by atoms with van der Waals surface area (Å²) < 4.78 is 0. The van der Waals surface area contributed by atoms with Gasteiger partial charge in [-0.3, -0.25) is 9.59 Å². The summed E-state index contributed by atoms with van der Waals surface area (Å²) >= 11 is 0. The number of nitrogens with one attached hydrogen (secondary N) is 2. The number of carbonyl (C=O) groups is 2. The SMILES string of the molecule is CC1=NNC(=O)[C@H]1CC(=O)N/N=C\C(C)=C\c1ccccc1. The number of rotatable bonds is 5. The minimum atomic E-state index is -0.504. The van der Waals surface area contributed by atoms with Crippen LogP contribution in [0.5, 0.6) is 0 Å². The molecule has 6 heteroatoms. The van der Waals surface area contributed by atoms with Crippen molar-refractivity contribution in [2.45, 2.75) is 20.3 Å². The number of allylic oxidation sites excluding steroid dienone is 1. The molecular formula is C16H18N4O2. The van der Waals surface area contributed by atoms with E-state index in [4.69, 9.17) is 0 Å². The summed E-state index contributed by atoms with van der Waals surface area (Å²) in [5.74, 6) is -1.08. The van der Waals surface area contributed by atoms with Crippen molar-refractivity contribution in [2.24, 2.45) is 16.1 Å². The monoisotopic (exact) mass is 298 g/mol. The number of hydrazone groups is 2. The molecule has 0 unspecified atom stereocenters. The van der Waals surface area contributed by atoms with Gasteiger partial charge in [-0.15, -0.1) is 0 Å². The minimum absolute atomic E-state index is 0.0416. The fourth-order valence-electron chi connectivity index (χ4n) is 2.02. The standard InChI is InChI=1S/C16H18N4O2/c1-11(8-13-6-4-3-5-7-13)10-17-19-15(21)9-14-12(2)18-20-16(14)22/h3-8,10,14H,9H2,1-2H3,(H,19,21)(H,20,22)/b11-8+,17-10-/t14-/m0/s1. The fraction of sp³-hybridized carbons (Fsp3) is 0.250. The number of carbonyl (C=O) groups excluding carboxylic acids is 2. The van der Waals surface area contributed by atoms with E-state index in [9.17, 15) is 9.59 Å². The van der Waals surface area contributed by atoms with Gasteiger partial charge in [0.1, 0.15) is 0 Å². The summed E-state index contributed by atoms with van der Waals surface area (Å²) in [6.07, 6.45) is 3.57. The lowest BCUT2D eigenvalue weighted by Crippen LogP contribution is -2.29. The zero-order chi connectivity index (χ0) is 15.9. The quantitative estimate of drug-likeness (QED) is 0.640. The summed E-state index contributed by atoms with van der Waals surface area (Å²) in [6.45, 7) is 3.61. The molecule has 114 valence electrons. The highest BCUT2D eigenvalue weighted by atomic mass is 16.2. The van der Waals surface area contributed by atoms with Crippen LogP contribution in [0.15, 0.2) is 46.1 Å². The van der Waals surface area contributed by atoms with Crippen molar-refractivity contribution < 1.29 is 9.59 Å². The van der Waals surface area contributed by atoms with E-state index < -0.39 is 5.92 Å². The molecule has 2 rings (SSSR count). The van der Waals surface area contributed by atoms with E-state index in [-0.39, 0.29) is 18.2 Å². The third-order valence-electron chi connectivity index (χ3n) is 3.20. The highest BCUT2D eigenvalue weighted by molar-refractivity contribution is 6.09. The van der Waals surface area contributed by atoms with Gasteiger partial charge < -0.3 is 0 Å². The van der Waals surface area contributed by atoms with E-state index in [0.717, 1.165) is 11.1 Å². The van der Waals surface area contributed by atoms with Gasteiger partial charge in [-0.2, -0.15) is 10.2 Å².